The Morgan fingerprint density at radius 2 is 2.06 bits per heavy atom. The molecular weight excluding hydrogens is 266 g/mol. The number of hydrogen-bond donors (Lipinski definition) is 1. The normalized spacial score (nSPS) is 12.4. The van der Waals surface area contributed by atoms with Crippen molar-refractivity contribution in [1.82, 2.24) is 9.97 Å². The largest absolute Gasteiger partial charge is 0.323 e. The maximum atomic E-state index is 5.92. The summed E-state index contributed by atoms with van der Waals surface area (Å²) in [5, 5.41) is 1.54. The molecular formula is C13H14ClN3S. The van der Waals surface area contributed by atoms with Crippen molar-refractivity contribution in [2.24, 2.45) is 5.73 Å². The Labute approximate surface area is 116 Å². The highest BCUT2D eigenvalue weighted by Gasteiger charge is 2.05. The molecule has 0 fully saturated rings. The number of pyridine rings is 2. The fourth-order valence-electron chi connectivity index (χ4n) is 1.42. The molecule has 2 N–H and O–H groups in total. The van der Waals surface area contributed by atoms with E-state index in [9.17, 15) is 0 Å². The molecule has 2 aromatic rings. The first-order chi connectivity index (χ1) is 8.69. The fourth-order valence-corrected chi connectivity index (χ4v) is 2.26. The van der Waals surface area contributed by atoms with Gasteiger partial charge in [0.2, 0.25) is 0 Å². The van der Waals surface area contributed by atoms with Gasteiger partial charge < -0.3 is 5.73 Å². The molecule has 3 nitrogen and oxygen atoms in total. The van der Waals surface area contributed by atoms with Crippen LogP contribution in [0, 0.1) is 0 Å². The lowest BCUT2D eigenvalue weighted by atomic mass is 10.1. The highest BCUT2D eigenvalue weighted by Crippen LogP contribution is 2.26. The molecule has 0 bridgehead atoms. The number of rotatable bonds is 4. The molecule has 0 aliphatic carbocycles. The minimum absolute atomic E-state index is 0.0118. The molecule has 0 aliphatic rings. The van der Waals surface area contributed by atoms with E-state index in [0.717, 1.165) is 22.0 Å². The van der Waals surface area contributed by atoms with Crippen molar-refractivity contribution in [2.75, 3.05) is 0 Å². The van der Waals surface area contributed by atoms with Crippen molar-refractivity contribution in [3.8, 4) is 0 Å². The van der Waals surface area contributed by atoms with E-state index in [1.54, 1.807) is 18.0 Å². The standard InChI is InChI=1S/C13H14ClN3S/c1-2-11(15)12-5-4-10(8-16-12)18-13-6-3-9(14)7-17-13/h3-8,11H,2,15H2,1H3/t11-/m0/s1. The first-order valence-electron chi connectivity index (χ1n) is 5.70. The number of halogens is 1. The molecule has 0 saturated heterocycles. The van der Waals surface area contributed by atoms with Crippen molar-refractivity contribution in [3.63, 3.8) is 0 Å². The van der Waals surface area contributed by atoms with Crippen LogP contribution in [0.3, 0.4) is 0 Å². The van der Waals surface area contributed by atoms with E-state index < -0.39 is 0 Å². The summed E-state index contributed by atoms with van der Waals surface area (Å²) in [4.78, 5) is 9.63. The second kappa shape index (κ2) is 6.18. The number of nitrogens with two attached hydrogens (primary N) is 1. The van der Waals surface area contributed by atoms with Gasteiger partial charge in [-0.2, -0.15) is 0 Å². The molecule has 2 aromatic heterocycles. The van der Waals surface area contributed by atoms with Crippen LogP contribution < -0.4 is 5.73 Å². The van der Waals surface area contributed by atoms with Gasteiger partial charge in [0.15, 0.2) is 0 Å². The van der Waals surface area contributed by atoms with Gasteiger partial charge in [0.25, 0.3) is 0 Å². The Morgan fingerprint density at radius 3 is 2.61 bits per heavy atom. The van der Waals surface area contributed by atoms with Gasteiger partial charge in [0, 0.05) is 23.3 Å². The third kappa shape index (κ3) is 3.45. The second-order valence-electron chi connectivity index (χ2n) is 3.85. The third-order valence-corrected chi connectivity index (χ3v) is 3.65. The lowest BCUT2D eigenvalue weighted by Gasteiger charge is -2.08. The van der Waals surface area contributed by atoms with Crippen LogP contribution in [0.25, 0.3) is 0 Å². The van der Waals surface area contributed by atoms with Crippen molar-refractivity contribution in [2.45, 2.75) is 29.3 Å². The summed E-state index contributed by atoms with van der Waals surface area (Å²) in [6, 6.07) is 7.70. The van der Waals surface area contributed by atoms with E-state index in [1.807, 2.05) is 37.4 Å². The molecule has 0 unspecified atom stereocenters. The Hall–Kier alpha value is -1.10. The Balaban J connectivity index is 2.08. The zero-order chi connectivity index (χ0) is 13.0. The third-order valence-electron chi connectivity index (χ3n) is 2.50. The summed E-state index contributed by atoms with van der Waals surface area (Å²) in [6.07, 6.45) is 4.35. The van der Waals surface area contributed by atoms with E-state index >= 15 is 0 Å². The lowest BCUT2D eigenvalue weighted by Crippen LogP contribution is -2.10. The first-order valence-corrected chi connectivity index (χ1v) is 6.89. The van der Waals surface area contributed by atoms with E-state index in [1.165, 1.54) is 0 Å². The van der Waals surface area contributed by atoms with Gasteiger partial charge in [-0.25, -0.2) is 4.98 Å². The van der Waals surface area contributed by atoms with Crippen LogP contribution in [0.5, 0.6) is 0 Å². The molecule has 0 saturated carbocycles. The summed E-state index contributed by atoms with van der Waals surface area (Å²) in [5.41, 5.74) is 6.84. The smallest absolute Gasteiger partial charge is 0.101 e. The molecule has 0 aliphatic heterocycles. The maximum Gasteiger partial charge on any atom is 0.101 e. The van der Waals surface area contributed by atoms with E-state index in [2.05, 4.69) is 9.97 Å². The SMILES string of the molecule is CC[C@H](N)c1ccc(Sc2ccc(Cl)cn2)cn1. The maximum absolute atomic E-state index is 5.92. The van der Waals surface area contributed by atoms with Gasteiger partial charge in [-0.1, -0.05) is 30.3 Å². The summed E-state index contributed by atoms with van der Waals surface area (Å²) in [5.74, 6) is 0. The molecule has 5 heteroatoms. The minimum Gasteiger partial charge on any atom is -0.323 e. The first kappa shape index (κ1) is 13.3. The Bertz CT molecular complexity index is 499. The highest BCUT2D eigenvalue weighted by atomic mass is 35.5. The van der Waals surface area contributed by atoms with Crippen LogP contribution >= 0.6 is 23.4 Å². The minimum atomic E-state index is 0.0118. The predicted octanol–water partition coefficient (Wildman–Crippen LogP) is 3.69. The van der Waals surface area contributed by atoms with Gasteiger partial charge in [-0.05, 0) is 30.7 Å². The summed E-state index contributed by atoms with van der Waals surface area (Å²) in [7, 11) is 0. The topological polar surface area (TPSA) is 51.8 Å². The van der Waals surface area contributed by atoms with Gasteiger partial charge in [-0.15, -0.1) is 0 Å². The van der Waals surface area contributed by atoms with Crippen LogP contribution in [-0.4, -0.2) is 9.97 Å². The monoisotopic (exact) mass is 279 g/mol. The molecule has 0 spiro atoms. The van der Waals surface area contributed by atoms with Crippen molar-refractivity contribution in [3.05, 3.63) is 47.4 Å². The average molecular weight is 280 g/mol. The van der Waals surface area contributed by atoms with Gasteiger partial charge in [-0.3, -0.25) is 4.98 Å². The Morgan fingerprint density at radius 1 is 1.22 bits per heavy atom. The van der Waals surface area contributed by atoms with Crippen LogP contribution in [0.15, 0.2) is 46.6 Å². The molecule has 0 aromatic carbocycles. The van der Waals surface area contributed by atoms with Crippen LogP contribution in [-0.2, 0) is 0 Å². The van der Waals surface area contributed by atoms with Crippen molar-refractivity contribution < 1.29 is 0 Å². The molecule has 18 heavy (non-hydrogen) atoms. The molecule has 2 heterocycles. The number of hydrogen-bond acceptors (Lipinski definition) is 4. The summed E-state index contributed by atoms with van der Waals surface area (Å²) in [6.45, 7) is 2.05. The van der Waals surface area contributed by atoms with Gasteiger partial charge in [0.05, 0.1) is 10.7 Å². The number of aromatic nitrogens is 2. The molecule has 2 rings (SSSR count). The lowest BCUT2D eigenvalue weighted by molar-refractivity contribution is 0.674. The average Bonchev–Trinajstić information content (AvgIpc) is 2.41. The molecule has 94 valence electrons. The highest BCUT2D eigenvalue weighted by molar-refractivity contribution is 7.99. The summed E-state index contributed by atoms with van der Waals surface area (Å²) < 4.78 is 0. The van der Waals surface area contributed by atoms with Crippen molar-refractivity contribution >= 4 is 23.4 Å². The molecule has 0 radical (unpaired) electrons. The van der Waals surface area contributed by atoms with Crippen LogP contribution in [0.4, 0.5) is 0 Å². The summed E-state index contributed by atoms with van der Waals surface area (Å²) >= 11 is 7.34. The van der Waals surface area contributed by atoms with Crippen molar-refractivity contribution in [1.29, 1.82) is 0 Å². The second-order valence-corrected chi connectivity index (χ2v) is 5.38. The molecule has 1 atom stereocenters. The van der Waals surface area contributed by atoms with Crippen LogP contribution in [0.1, 0.15) is 25.1 Å². The van der Waals surface area contributed by atoms with E-state index in [-0.39, 0.29) is 6.04 Å². The Kier molecular flexibility index (Phi) is 4.58. The fraction of sp³-hybridized carbons (Fsp3) is 0.231. The van der Waals surface area contributed by atoms with Gasteiger partial charge in [0.1, 0.15) is 5.03 Å². The van der Waals surface area contributed by atoms with E-state index in [4.69, 9.17) is 17.3 Å². The van der Waals surface area contributed by atoms with E-state index in [0.29, 0.717) is 5.02 Å². The predicted molar refractivity (Wildman–Crippen MR) is 74.8 cm³/mol. The molecule has 0 amide bonds. The van der Waals surface area contributed by atoms with Gasteiger partial charge >= 0.3 is 0 Å². The number of nitrogens with zero attached hydrogens (tertiary/aromatic N) is 2. The zero-order valence-corrected chi connectivity index (χ0v) is 11.6. The van der Waals surface area contributed by atoms with Crippen LogP contribution in [0.2, 0.25) is 5.02 Å². The quantitative estimate of drug-likeness (QED) is 0.927. The zero-order valence-electron chi connectivity index (χ0n) is 10.0.